The van der Waals surface area contributed by atoms with E-state index >= 15 is 0 Å². The summed E-state index contributed by atoms with van der Waals surface area (Å²) in [5.41, 5.74) is 5.50. The summed E-state index contributed by atoms with van der Waals surface area (Å²) in [6, 6.07) is 16.7. The first-order valence-corrected chi connectivity index (χ1v) is 12.6. The molecule has 0 spiro atoms. The van der Waals surface area contributed by atoms with E-state index in [0.717, 1.165) is 40.7 Å². The predicted molar refractivity (Wildman–Crippen MR) is 141 cm³/mol. The molecule has 0 bridgehead atoms. The average molecular weight is 531 g/mol. The first kappa shape index (κ1) is 25.3. The fourth-order valence-corrected chi connectivity index (χ4v) is 5.24. The summed E-state index contributed by atoms with van der Waals surface area (Å²) in [6.45, 7) is 2.11. The van der Waals surface area contributed by atoms with Gasteiger partial charge in [-0.1, -0.05) is 65.7 Å². The molecule has 2 aromatic carbocycles. The molecule has 3 atom stereocenters. The van der Waals surface area contributed by atoms with Gasteiger partial charge in [0.25, 0.3) is 5.56 Å². The van der Waals surface area contributed by atoms with E-state index in [1.165, 1.54) is 7.11 Å². The summed E-state index contributed by atoms with van der Waals surface area (Å²) in [7, 11) is 1.27. The van der Waals surface area contributed by atoms with Gasteiger partial charge < -0.3 is 10.1 Å². The number of anilines is 1. The highest BCUT2D eigenvalue weighted by molar-refractivity contribution is 7.17. The predicted octanol–water partition coefficient (Wildman–Crippen LogP) is 5.87. The van der Waals surface area contributed by atoms with Crippen molar-refractivity contribution in [3.05, 3.63) is 91.0 Å². The molecule has 182 valence electrons. The molecule has 1 aromatic heterocycles. The molecule has 2 heterocycles. The number of benzene rings is 2. The Bertz CT molecular complexity index is 1280. The highest BCUT2D eigenvalue weighted by Crippen LogP contribution is 2.38. The van der Waals surface area contributed by atoms with Crippen molar-refractivity contribution in [1.82, 2.24) is 10.3 Å². The van der Waals surface area contributed by atoms with Crippen molar-refractivity contribution in [1.29, 1.82) is 0 Å². The van der Waals surface area contributed by atoms with Crippen LogP contribution < -0.4 is 16.3 Å². The summed E-state index contributed by atoms with van der Waals surface area (Å²) in [5, 5.41) is 10.0. The second-order valence-corrected chi connectivity index (χ2v) is 9.99. The number of carbonyl (C=O) groups is 1. The van der Waals surface area contributed by atoms with Crippen molar-refractivity contribution in [2.24, 2.45) is 11.0 Å². The lowest BCUT2D eigenvalue weighted by atomic mass is 9.79. The van der Waals surface area contributed by atoms with Gasteiger partial charge in [-0.25, -0.2) is 4.79 Å². The maximum atomic E-state index is 12.0. The van der Waals surface area contributed by atoms with E-state index < -0.39 is 11.5 Å². The standard InChI is InChI=1S/C25H24Cl2N4O3S/c1-3-18-20(30-31-25-29-22(32)13-21(35-25)24(33)34-2)12-19(14-4-8-16(26)9-5-14)28-23(18)15-6-10-17(27)11-7-15/h4-11,13,18-19,23,28H,3,12H2,1-2H3,(H,29,31,32)/b30-20+. The number of piperidine rings is 1. The number of esters is 1. The lowest BCUT2D eigenvalue weighted by Crippen LogP contribution is -2.42. The molecule has 2 N–H and O–H groups in total. The van der Waals surface area contributed by atoms with Gasteiger partial charge in [0.15, 0.2) is 0 Å². The highest BCUT2D eigenvalue weighted by atomic mass is 35.5. The minimum atomic E-state index is -0.593. The molecule has 0 aliphatic carbocycles. The van der Waals surface area contributed by atoms with Crippen molar-refractivity contribution in [3.63, 3.8) is 0 Å². The highest BCUT2D eigenvalue weighted by Gasteiger charge is 2.35. The average Bonchev–Trinajstić information content (AvgIpc) is 2.87. The van der Waals surface area contributed by atoms with Gasteiger partial charge in [-0.15, -0.1) is 0 Å². The molecule has 0 saturated carbocycles. The fourth-order valence-electron chi connectivity index (χ4n) is 4.22. The lowest BCUT2D eigenvalue weighted by Gasteiger charge is -2.39. The number of methoxy groups -OCH3 is 1. The zero-order valence-electron chi connectivity index (χ0n) is 19.1. The van der Waals surface area contributed by atoms with E-state index in [1.54, 1.807) is 0 Å². The number of hydrazone groups is 1. The first-order valence-electron chi connectivity index (χ1n) is 11.1. The molecule has 1 saturated heterocycles. The van der Waals surface area contributed by atoms with Crippen LogP contribution in [0.5, 0.6) is 0 Å². The molecular weight excluding hydrogens is 507 g/mol. The SMILES string of the molecule is CCC1/C(=N/Nc2nc(=O)cc(C(=O)OC)s2)CC(c2ccc(Cl)cc2)NC1c1ccc(Cl)cc1. The summed E-state index contributed by atoms with van der Waals surface area (Å²) in [5.74, 6) is -0.517. The van der Waals surface area contributed by atoms with Crippen LogP contribution in [0.4, 0.5) is 5.13 Å². The van der Waals surface area contributed by atoms with E-state index in [0.29, 0.717) is 16.5 Å². The molecule has 1 aliphatic heterocycles. The Kier molecular flexibility index (Phi) is 8.18. The molecule has 1 fully saturated rings. The molecule has 35 heavy (non-hydrogen) atoms. The topological polar surface area (TPSA) is 92.7 Å². The second kappa shape index (κ2) is 11.3. The number of nitrogens with one attached hydrogen (secondary N) is 2. The zero-order chi connectivity index (χ0) is 24.9. The molecule has 3 aromatic rings. The van der Waals surface area contributed by atoms with Gasteiger partial charge in [0.2, 0.25) is 5.13 Å². The number of hydrogen-bond donors (Lipinski definition) is 2. The third-order valence-corrected chi connectivity index (χ3v) is 7.30. The Morgan fingerprint density at radius 3 is 2.37 bits per heavy atom. The third kappa shape index (κ3) is 6.08. The molecule has 0 amide bonds. The number of rotatable bonds is 6. The van der Waals surface area contributed by atoms with Crippen LogP contribution in [0.1, 0.15) is 52.6 Å². The Hall–Kier alpha value is -2.78. The lowest BCUT2D eigenvalue weighted by molar-refractivity contribution is 0.0606. The number of aromatic nitrogens is 1. The summed E-state index contributed by atoms with van der Waals surface area (Å²) in [6.07, 6.45) is 1.48. The zero-order valence-corrected chi connectivity index (χ0v) is 21.5. The monoisotopic (exact) mass is 530 g/mol. The number of hydrogen-bond acceptors (Lipinski definition) is 8. The Morgan fingerprint density at radius 2 is 1.77 bits per heavy atom. The van der Waals surface area contributed by atoms with Crippen LogP contribution in [0.25, 0.3) is 0 Å². The fraction of sp³-hybridized carbons (Fsp3) is 0.280. The van der Waals surface area contributed by atoms with Gasteiger partial charge in [-0.2, -0.15) is 10.1 Å². The maximum Gasteiger partial charge on any atom is 0.348 e. The van der Waals surface area contributed by atoms with E-state index in [2.05, 4.69) is 22.7 Å². The van der Waals surface area contributed by atoms with Crippen molar-refractivity contribution in [3.8, 4) is 0 Å². The van der Waals surface area contributed by atoms with Crippen molar-refractivity contribution in [2.75, 3.05) is 12.5 Å². The minimum absolute atomic E-state index is 0.00981. The van der Waals surface area contributed by atoms with Crippen LogP contribution in [-0.2, 0) is 4.74 Å². The van der Waals surface area contributed by atoms with Crippen LogP contribution in [0.2, 0.25) is 10.0 Å². The number of halogens is 2. The van der Waals surface area contributed by atoms with E-state index in [1.807, 2.05) is 48.5 Å². The number of carbonyl (C=O) groups excluding carboxylic acids is 1. The van der Waals surface area contributed by atoms with Crippen LogP contribution in [0, 0.1) is 5.92 Å². The van der Waals surface area contributed by atoms with Crippen LogP contribution in [0.3, 0.4) is 0 Å². The molecular formula is C25H24Cl2N4O3S. The van der Waals surface area contributed by atoms with Crippen molar-refractivity contribution in [2.45, 2.75) is 31.8 Å². The van der Waals surface area contributed by atoms with Crippen molar-refractivity contribution < 1.29 is 9.53 Å². The Labute approximate surface area is 217 Å². The van der Waals surface area contributed by atoms with Crippen LogP contribution in [-0.4, -0.2) is 23.8 Å². The molecule has 0 radical (unpaired) electrons. The van der Waals surface area contributed by atoms with Gasteiger partial charge in [-0.3, -0.25) is 10.2 Å². The first-order chi connectivity index (χ1) is 16.9. The second-order valence-electron chi connectivity index (χ2n) is 8.09. The Balaban J connectivity index is 1.70. The maximum absolute atomic E-state index is 12.0. The third-order valence-electron chi connectivity index (χ3n) is 5.92. The van der Waals surface area contributed by atoms with Gasteiger partial charge in [-0.05, 0) is 41.8 Å². The van der Waals surface area contributed by atoms with Gasteiger partial charge >= 0.3 is 5.97 Å². The number of ether oxygens (including phenoxy) is 1. The van der Waals surface area contributed by atoms with Crippen molar-refractivity contribution >= 4 is 51.4 Å². The van der Waals surface area contributed by atoms with Gasteiger partial charge in [0, 0.05) is 46.2 Å². The molecule has 4 rings (SSSR count). The van der Waals surface area contributed by atoms with Gasteiger partial charge in [0.1, 0.15) is 4.88 Å². The smallest absolute Gasteiger partial charge is 0.348 e. The van der Waals surface area contributed by atoms with Crippen LogP contribution >= 0.6 is 34.5 Å². The molecule has 7 nitrogen and oxygen atoms in total. The largest absolute Gasteiger partial charge is 0.465 e. The molecule has 3 unspecified atom stereocenters. The van der Waals surface area contributed by atoms with E-state index in [9.17, 15) is 9.59 Å². The molecule has 1 aliphatic rings. The Morgan fingerprint density at radius 1 is 1.14 bits per heavy atom. The van der Waals surface area contributed by atoms with E-state index in [4.69, 9.17) is 33.0 Å². The van der Waals surface area contributed by atoms with Gasteiger partial charge in [0.05, 0.1) is 7.11 Å². The van der Waals surface area contributed by atoms with Crippen LogP contribution in [0.15, 0.2) is 64.5 Å². The van der Waals surface area contributed by atoms with E-state index in [-0.39, 0.29) is 28.0 Å². The summed E-state index contributed by atoms with van der Waals surface area (Å²) < 4.78 is 4.73. The normalized spacial score (nSPS) is 21.0. The summed E-state index contributed by atoms with van der Waals surface area (Å²) >= 11 is 13.3. The quantitative estimate of drug-likeness (QED) is 0.306. The minimum Gasteiger partial charge on any atom is -0.465 e. The molecule has 10 heteroatoms. The number of nitrogens with zero attached hydrogens (tertiary/aromatic N) is 2. The summed E-state index contributed by atoms with van der Waals surface area (Å²) in [4.78, 5) is 28.0.